The molecule has 1 nitrogen and oxygen atoms in total. The Balaban J connectivity index is 2.03. The second-order valence-corrected chi connectivity index (χ2v) is 3.98. The van der Waals surface area contributed by atoms with Gasteiger partial charge in [-0.2, -0.15) is 0 Å². The Morgan fingerprint density at radius 2 is 1.67 bits per heavy atom. The Morgan fingerprint density at radius 3 is 2.22 bits per heavy atom. The van der Waals surface area contributed by atoms with Gasteiger partial charge in [-0.3, -0.25) is 4.31 Å². The van der Waals surface area contributed by atoms with E-state index in [-0.39, 0.29) is 0 Å². The highest BCUT2D eigenvalue weighted by Crippen LogP contribution is 2.36. The summed E-state index contributed by atoms with van der Waals surface area (Å²) in [6.45, 7) is 2.47. The first-order valence-corrected chi connectivity index (χ1v) is 4.18. The maximum absolute atomic E-state index is 4.35. The Bertz CT molecular complexity index is 103. The summed E-state index contributed by atoms with van der Waals surface area (Å²) >= 11 is 4.35. The van der Waals surface area contributed by atoms with Gasteiger partial charge in [-0.15, -0.1) is 0 Å². The zero-order chi connectivity index (χ0) is 6.27. The molecule has 0 aromatic rings. The standard InChI is InChI=1S/C7H13NS/c9-8-4-6-1-2-7(3-6)5-8/h6-7,9H,1-5H2. The molecular formula is C7H13NS. The van der Waals surface area contributed by atoms with Crippen molar-refractivity contribution in [3.63, 3.8) is 0 Å². The van der Waals surface area contributed by atoms with Crippen LogP contribution in [0.3, 0.4) is 0 Å². The monoisotopic (exact) mass is 143 g/mol. The average Bonchev–Trinajstić information content (AvgIpc) is 2.11. The molecule has 52 valence electrons. The number of hydrogen-bond donors (Lipinski definition) is 1. The van der Waals surface area contributed by atoms with Gasteiger partial charge < -0.3 is 0 Å². The van der Waals surface area contributed by atoms with Gasteiger partial charge in [-0.05, 0) is 31.1 Å². The second kappa shape index (κ2) is 2.17. The van der Waals surface area contributed by atoms with Crippen molar-refractivity contribution in [2.75, 3.05) is 13.1 Å². The number of thiol groups is 1. The van der Waals surface area contributed by atoms with E-state index in [1.807, 2.05) is 0 Å². The maximum atomic E-state index is 4.35. The van der Waals surface area contributed by atoms with E-state index in [0.717, 1.165) is 11.8 Å². The van der Waals surface area contributed by atoms with Crippen LogP contribution in [0.4, 0.5) is 0 Å². The van der Waals surface area contributed by atoms with Crippen LogP contribution in [-0.4, -0.2) is 17.4 Å². The van der Waals surface area contributed by atoms with E-state index in [9.17, 15) is 0 Å². The molecule has 1 saturated heterocycles. The summed E-state index contributed by atoms with van der Waals surface area (Å²) in [5, 5.41) is 0. The van der Waals surface area contributed by atoms with Crippen LogP contribution in [-0.2, 0) is 0 Å². The fraction of sp³-hybridized carbons (Fsp3) is 1.00. The minimum absolute atomic E-state index is 0.987. The van der Waals surface area contributed by atoms with Crippen LogP contribution in [0.1, 0.15) is 19.3 Å². The van der Waals surface area contributed by atoms with Gasteiger partial charge in [0.15, 0.2) is 0 Å². The molecule has 0 aromatic carbocycles. The van der Waals surface area contributed by atoms with Gasteiger partial charge in [-0.25, -0.2) is 0 Å². The van der Waals surface area contributed by atoms with Gasteiger partial charge in [0, 0.05) is 13.1 Å². The summed E-state index contributed by atoms with van der Waals surface area (Å²) in [5.41, 5.74) is 0. The van der Waals surface area contributed by atoms with Crippen molar-refractivity contribution < 1.29 is 0 Å². The third-order valence-corrected chi connectivity index (χ3v) is 2.91. The fourth-order valence-electron chi connectivity index (χ4n) is 2.18. The van der Waals surface area contributed by atoms with Crippen LogP contribution >= 0.6 is 12.8 Å². The lowest BCUT2D eigenvalue weighted by molar-refractivity contribution is 0.283. The molecule has 2 heteroatoms. The third kappa shape index (κ3) is 1.10. The average molecular weight is 143 g/mol. The Morgan fingerprint density at radius 1 is 1.11 bits per heavy atom. The van der Waals surface area contributed by atoms with E-state index in [0.29, 0.717) is 0 Å². The summed E-state index contributed by atoms with van der Waals surface area (Å²) < 4.78 is 2.19. The molecule has 2 fully saturated rings. The van der Waals surface area contributed by atoms with Gasteiger partial charge in [0.05, 0.1) is 0 Å². The van der Waals surface area contributed by atoms with E-state index in [1.54, 1.807) is 0 Å². The summed E-state index contributed by atoms with van der Waals surface area (Å²) in [4.78, 5) is 0. The zero-order valence-corrected chi connectivity index (χ0v) is 6.48. The molecule has 2 rings (SSSR count). The fourth-order valence-corrected chi connectivity index (χ4v) is 2.64. The number of piperidine rings is 1. The van der Waals surface area contributed by atoms with Crippen molar-refractivity contribution in [1.29, 1.82) is 0 Å². The highest BCUT2D eigenvalue weighted by molar-refractivity contribution is 7.77. The molecule has 0 aromatic heterocycles. The lowest BCUT2D eigenvalue weighted by Crippen LogP contribution is -2.29. The summed E-state index contributed by atoms with van der Waals surface area (Å²) in [5.74, 6) is 1.97. The lowest BCUT2D eigenvalue weighted by Gasteiger charge is -2.26. The molecule has 2 unspecified atom stereocenters. The quantitative estimate of drug-likeness (QED) is 0.504. The van der Waals surface area contributed by atoms with Crippen molar-refractivity contribution >= 4 is 12.8 Å². The molecular weight excluding hydrogens is 130 g/mol. The minimum atomic E-state index is 0.987. The van der Waals surface area contributed by atoms with Crippen LogP contribution in [0.15, 0.2) is 0 Å². The first-order valence-electron chi connectivity index (χ1n) is 3.78. The normalized spacial score (nSPS) is 43.7. The number of fused-ring (bicyclic) bond motifs is 2. The highest BCUT2D eigenvalue weighted by atomic mass is 32.1. The van der Waals surface area contributed by atoms with Gasteiger partial charge in [0.1, 0.15) is 0 Å². The molecule has 1 heterocycles. The van der Waals surface area contributed by atoms with Gasteiger partial charge in [0.25, 0.3) is 0 Å². The molecule has 1 aliphatic heterocycles. The van der Waals surface area contributed by atoms with Crippen molar-refractivity contribution in [3.8, 4) is 0 Å². The van der Waals surface area contributed by atoms with Crippen LogP contribution in [0.25, 0.3) is 0 Å². The molecule has 1 aliphatic carbocycles. The SMILES string of the molecule is SN1CC2CCC(C2)C1. The third-order valence-electron chi connectivity index (χ3n) is 2.59. The number of hydrogen-bond acceptors (Lipinski definition) is 2. The first-order chi connectivity index (χ1) is 4.34. The number of nitrogens with zero attached hydrogens (tertiary/aromatic N) is 1. The van der Waals surface area contributed by atoms with Gasteiger partial charge in [-0.1, -0.05) is 12.8 Å². The van der Waals surface area contributed by atoms with E-state index >= 15 is 0 Å². The largest absolute Gasteiger partial charge is 0.253 e. The van der Waals surface area contributed by atoms with Crippen LogP contribution < -0.4 is 0 Å². The summed E-state index contributed by atoms with van der Waals surface area (Å²) in [6, 6.07) is 0. The van der Waals surface area contributed by atoms with Crippen molar-refractivity contribution in [3.05, 3.63) is 0 Å². The highest BCUT2D eigenvalue weighted by Gasteiger charge is 2.31. The molecule has 0 radical (unpaired) electrons. The van der Waals surface area contributed by atoms with Crippen molar-refractivity contribution in [1.82, 2.24) is 4.31 Å². The first kappa shape index (κ1) is 6.05. The van der Waals surface area contributed by atoms with E-state index in [1.165, 1.54) is 32.4 Å². The number of rotatable bonds is 0. The predicted octanol–water partition coefficient (Wildman–Crippen LogP) is 1.56. The van der Waals surface area contributed by atoms with E-state index < -0.39 is 0 Å². The Kier molecular flexibility index (Phi) is 1.46. The van der Waals surface area contributed by atoms with Crippen molar-refractivity contribution in [2.24, 2.45) is 11.8 Å². The molecule has 9 heavy (non-hydrogen) atoms. The summed E-state index contributed by atoms with van der Waals surface area (Å²) in [6.07, 6.45) is 4.40. The Hall–Kier alpha value is 0.310. The lowest BCUT2D eigenvalue weighted by atomic mass is 10.0. The second-order valence-electron chi connectivity index (χ2n) is 3.42. The van der Waals surface area contributed by atoms with E-state index in [4.69, 9.17) is 0 Å². The van der Waals surface area contributed by atoms with Gasteiger partial charge >= 0.3 is 0 Å². The van der Waals surface area contributed by atoms with E-state index in [2.05, 4.69) is 17.1 Å². The topological polar surface area (TPSA) is 3.24 Å². The molecule has 0 amide bonds. The van der Waals surface area contributed by atoms with Crippen molar-refractivity contribution in [2.45, 2.75) is 19.3 Å². The maximum Gasteiger partial charge on any atom is 0.0116 e. The minimum Gasteiger partial charge on any atom is -0.253 e. The molecule has 0 spiro atoms. The van der Waals surface area contributed by atoms with Crippen LogP contribution in [0.2, 0.25) is 0 Å². The zero-order valence-electron chi connectivity index (χ0n) is 5.58. The smallest absolute Gasteiger partial charge is 0.0116 e. The molecule has 1 saturated carbocycles. The Labute approximate surface area is 62.0 Å². The molecule has 2 aliphatic rings. The molecule has 2 bridgehead atoms. The van der Waals surface area contributed by atoms with Gasteiger partial charge in [0.2, 0.25) is 0 Å². The molecule has 0 N–H and O–H groups in total. The van der Waals surface area contributed by atoms with Crippen LogP contribution in [0.5, 0.6) is 0 Å². The van der Waals surface area contributed by atoms with Crippen LogP contribution in [0, 0.1) is 11.8 Å². The molecule has 2 atom stereocenters. The predicted molar refractivity (Wildman–Crippen MR) is 41.4 cm³/mol. The summed E-state index contributed by atoms with van der Waals surface area (Å²) in [7, 11) is 0.